The van der Waals surface area contributed by atoms with E-state index in [0.29, 0.717) is 0 Å². The number of anilines is 1. The highest BCUT2D eigenvalue weighted by Crippen LogP contribution is 2.46. The van der Waals surface area contributed by atoms with Crippen molar-refractivity contribution in [1.82, 2.24) is 5.32 Å². The average molecular weight is 449 g/mol. The van der Waals surface area contributed by atoms with Crippen LogP contribution in [0.4, 0.5) is 5.69 Å². The Hall–Kier alpha value is -3.41. The lowest BCUT2D eigenvalue weighted by Crippen LogP contribution is -2.46. The van der Waals surface area contributed by atoms with E-state index in [4.69, 9.17) is 4.74 Å². The number of rotatable bonds is 8. The number of hydrogen-bond acceptors (Lipinski definition) is 5. The molecule has 0 spiro atoms. The van der Waals surface area contributed by atoms with E-state index in [2.05, 4.69) is 25.2 Å². The summed E-state index contributed by atoms with van der Waals surface area (Å²) >= 11 is 0. The smallest absolute Gasteiger partial charge is 0.329 e. The highest BCUT2D eigenvalue weighted by molar-refractivity contribution is 5.95. The minimum atomic E-state index is -0.823. The van der Waals surface area contributed by atoms with Crippen LogP contribution in [-0.4, -0.2) is 37.4 Å². The zero-order valence-corrected chi connectivity index (χ0v) is 19.9. The van der Waals surface area contributed by atoms with Crippen LogP contribution >= 0.6 is 0 Å². The molecule has 0 aliphatic carbocycles. The van der Waals surface area contributed by atoms with Crippen LogP contribution in [0.2, 0.25) is 0 Å². The number of hydrogen-bond donors (Lipinski definition) is 1. The van der Waals surface area contributed by atoms with Crippen molar-refractivity contribution in [3.05, 3.63) is 77.5 Å². The van der Waals surface area contributed by atoms with Crippen molar-refractivity contribution in [2.24, 2.45) is 5.92 Å². The number of para-hydroxylation sites is 1. The molecule has 2 aromatic rings. The molecule has 1 aliphatic rings. The third-order valence-electron chi connectivity index (χ3n) is 6.04. The number of carbonyl (C=O) groups is 3. The SMILES string of the molecule is CC(C)[C@H](NC(=O)Cc1ccccc1)C(=O)OCC(=O)/C=C1/N(C)c2ccccc2C1(C)C. The van der Waals surface area contributed by atoms with Crippen LogP contribution in [0.5, 0.6) is 0 Å². The quantitative estimate of drug-likeness (QED) is 0.491. The number of amides is 1. The fourth-order valence-corrected chi connectivity index (χ4v) is 4.19. The van der Waals surface area contributed by atoms with E-state index in [9.17, 15) is 14.4 Å². The maximum Gasteiger partial charge on any atom is 0.329 e. The molecule has 6 heteroatoms. The largest absolute Gasteiger partial charge is 0.456 e. The number of ether oxygens (including phenoxy) is 1. The number of carbonyl (C=O) groups excluding carboxylic acids is 3. The second-order valence-corrected chi connectivity index (χ2v) is 9.26. The monoisotopic (exact) mass is 448 g/mol. The van der Waals surface area contributed by atoms with Crippen LogP contribution in [-0.2, 0) is 31.0 Å². The van der Waals surface area contributed by atoms with Gasteiger partial charge in [0.2, 0.25) is 5.91 Å². The molecule has 1 heterocycles. The van der Waals surface area contributed by atoms with Gasteiger partial charge in [0.15, 0.2) is 12.4 Å². The standard InChI is InChI=1S/C27H32N2O4/c1-18(2)25(28-24(31)15-19-11-7-6-8-12-19)26(32)33-17-20(30)16-23-27(3,4)21-13-9-10-14-22(21)29(23)5/h6-14,16,18,25H,15,17H2,1-5H3,(H,28,31)/b23-16+/t25-/m0/s1. The number of nitrogens with zero attached hydrogens (tertiary/aromatic N) is 1. The molecule has 0 fully saturated rings. The van der Waals surface area contributed by atoms with Crippen LogP contribution in [0.3, 0.4) is 0 Å². The molecule has 1 N–H and O–H groups in total. The molecule has 0 aromatic heterocycles. The summed E-state index contributed by atoms with van der Waals surface area (Å²) in [5.74, 6) is -1.36. The molecule has 0 radical (unpaired) electrons. The van der Waals surface area contributed by atoms with E-state index in [-0.39, 0.29) is 36.1 Å². The summed E-state index contributed by atoms with van der Waals surface area (Å²) in [5, 5.41) is 2.75. The van der Waals surface area contributed by atoms with Crippen LogP contribution < -0.4 is 10.2 Å². The molecule has 2 aromatic carbocycles. The van der Waals surface area contributed by atoms with Crippen LogP contribution in [0.25, 0.3) is 0 Å². The number of allylic oxidation sites excluding steroid dienone is 1. The Morgan fingerprint density at radius 2 is 1.67 bits per heavy atom. The van der Waals surface area contributed by atoms with E-state index in [1.54, 1.807) is 6.08 Å². The van der Waals surface area contributed by atoms with Gasteiger partial charge in [-0.25, -0.2) is 4.79 Å². The molecule has 1 amide bonds. The second-order valence-electron chi connectivity index (χ2n) is 9.26. The second kappa shape index (κ2) is 10.0. The fourth-order valence-electron chi connectivity index (χ4n) is 4.19. The lowest BCUT2D eigenvalue weighted by molar-refractivity contribution is -0.151. The molecule has 1 atom stereocenters. The first kappa shape index (κ1) is 24.2. The lowest BCUT2D eigenvalue weighted by Gasteiger charge is -2.24. The van der Waals surface area contributed by atoms with Crippen molar-refractivity contribution < 1.29 is 19.1 Å². The Labute approximate surface area is 195 Å². The van der Waals surface area contributed by atoms with Crippen molar-refractivity contribution in [2.45, 2.75) is 45.6 Å². The Bertz CT molecular complexity index is 1060. The summed E-state index contributed by atoms with van der Waals surface area (Å²) in [6.07, 6.45) is 1.72. The minimum absolute atomic E-state index is 0.171. The molecular formula is C27H32N2O4. The van der Waals surface area contributed by atoms with Crippen LogP contribution in [0.15, 0.2) is 66.4 Å². The van der Waals surface area contributed by atoms with Gasteiger partial charge >= 0.3 is 5.97 Å². The van der Waals surface area contributed by atoms with Gasteiger partial charge in [0.1, 0.15) is 6.04 Å². The van der Waals surface area contributed by atoms with E-state index in [1.165, 1.54) is 0 Å². The summed E-state index contributed by atoms with van der Waals surface area (Å²) in [6, 6.07) is 16.5. The van der Waals surface area contributed by atoms with Crippen molar-refractivity contribution in [1.29, 1.82) is 0 Å². The molecular weight excluding hydrogens is 416 g/mol. The van der Waals surface area contributed by atoms with Gasteiger partial charge in [-0.2, -0.15) is 0 Å². The first-order valence-electron chi connectivity index (χ1n) is 11.2. The Morgan fingerprint density at radius 3 is 2.30 bits per heavy atom. The third kappa shape index (κ3) is 5.51. The van der Waals surface area contributed by atoms with Gasteiger partial charge in [0, 0.05) is 29.9 Å². The summed E-state index contributed by atoms with van der Waals surface area (Å²) in [4.78, 5) is 39.8. The predicted octanol–water partition coefficient (Wildman–Crippen LogP) is 3.79. The molecule has 3 rings (SSSR count). The Balaban J connectivity index is 1.61. The van der Waals surface area contributed by atoms with Gasteiger partial charge < -0.3 is 15.0 Å². The van der Waals surface area contributed by atoms with Crippen molar-refractivity contribution in [3.63, 3.8) is 0 Å². The number of benzene rings is 2. The zero-order valence-electron chi connectivity index (χ0n) is 19.9. The topological polar surface area (TPSA) is 75.7 Å². The van der Waals surface area contributed by atoms with Gasteiger partial charge in [0.05, 0.1) is 6.42 Å². The van der Waals surface area contributed by atoms with Gasteiger partial charge in [0.25, 0.3) is 0 Å². The van der Waals surface area contributed by atoms with E-state index < -0.39 is 12.0 Å². The van der Waals surface area contributed by atoms with E-state index in [0.717, 1.165) is 22.5 Å². The van der Waals surface area contributed by atoms with Crippen LogP contribution in [0.1, 0.15) is 38.8 Å². The Morgan fingerprint density at radius 1 is 1.03 bits per heavy atom. The van der Waals surface area contributed by atoms with Gasteiger partial charge in [-0.1, -0.05) is 76.2 Å². The highest BCUT2D eigenvalue weighted by Gasteiger charge is 2.38. The van der Waals surface area contributed by atoms with Crippen molar-refractivity contribution in [2.75, 3.05) is 18.6 Å². The molecule has 0 saturated heterocycles. The summed E-state index contributed by atoms with van der Waals surface area (Å²) in [6.45, 7) is 7.41. The molecule has 6 nitrogen and oxygen atoms in total. The average Bonchev–Trinajstić information content (AvgIpc) is 2.97. The lowest BCUT2D eigenvalue weighted by atomic mass is 9.83. The summed E-state index contributed by atoms with van der Waals surface area (Å²) in [7, 11) is 1.93. The molecule has 1 aliphatic heterocycles. The normalized spacial score (nSPS) is 16.4. The molecule has 33 heavy (non-hydrogen) atoms. The number of likely N-dealkylation sites (N-methyl/N-ethyl adjacent to an activating group) is 1. The predicted molar refractivity (Wildman–Crippen MR) is 129 cm³/mol. The first-order chi connectivity index (χ1) is 15.6. The fraction of sp³-hybridized carbons (Fsp3) is 0.370. The van der Waals surface area contributed by atoms with Gasteiger partial charge in [-0.3, -0.25) is 9.59 Å². The van der Waals surface area contributed by atoms with E-state index in [1.807, 2.05) is 74.3 Å². The van der Waals surface area contributed by atoms with Crippen molar-refractivity contribution >= 4 is 23.3 Å². The number of esters is 1. The Kier molecular flexibility index (Phi) is 7.36. The van der Waals surface area contributed by atoms with Crippen molar-refractivity contribution in [3.8, 4) is 0 Å². The molecule has 0 saturated carbocycles. The van der Waals surface area contributed by atoms with Gasteiger partial charge in [-0.15, -0.1) is 0 Å². The molecule has 174 valence electrons. The van der Waals surface area contributed by atoms with Crippen LogP contribution in [0, 0.1) is 5.92 Å². The molecule has 0 bridgehead atoms. The molecule has 0 unspecified atom stereocenters. The first-order valence-corrected chi connectivity index (χ1v) is 11.2. The third-order valence-corrected chi connectivity index (χ3v) is 6.04. The zero-order chi connectivity index (χ0) is 24.2. The maximum absolute atomic E-state index is 12.7. The summed E-state index contributed by atoms with van der Waals surface area (Å²) in [5.41, 5.74) is 3.57. The van der Waals surface area contributed by atoms with E-state index >= 15 is 0 Å². The number of ketones is 1. The summed E-state index contributed by atoms with van der Waals surface area (Å²) < 4.78 is 5.30. The number of nitrogens with one attached hydrogen (secondary N) is 1. The minimum Gasteiger partial charge on any atom is -0.456 e. The van der Waals surface area contributed by atoms with Gasteiger partial charge in [-0.05, 0) is 23.1 Å². The highest BCUT2D eigenvalue weighted by atomic mass is 16.5. The number of fused-ring (bicyclic) bond motifs is 1. The maximum atomic E-state index is 12.7.